The van der Waals surface area contributed by atoms with Crippen molar-refractivity contribution in [3.63, 3.8) is 0 Å². The molecular weight excluding hydrogens is 435 g/mol. The maximum absolute atomic E-state index is 13.0. The van der Waals surface area contributed by atoms with E-state index in [1.807, 2.05) is 0 Å². The summed E-state index contributed by atoms with van der Waals surface area (Å²) in [6.45, 7) is 1.57. The molecule has 1 unspecified atom stereocenters. The van der Waals surface area contributed by atoms with E-state index in [0.717, 1.165) is 23.9 Å². The third-order valence-corrected chi connectivity index (χ3v) is 6.20. The topological polar surface area (TPSA) is 64.0 Å². The molecule has 0 radical (unpaired) electrons. The van der Waals surface area contributed by atoms with E-state index >= 15 is 0 Å². The van der Waals surface area contributed by atoms with Gasteiger partial charge in [-0.05, 0) is 36.6 Å². The van der Waals surface area contributed by atoms with Gasteiger partial charge in [0.1, 0.15) is 4.70 Å². The number of alkyl halides is 3. The quantitative estimate of drug-likeness (QED) is 0.461. The zero-order valence-corrected chi connectivity index (χ0v) is 16.9. The number of thioether (sulfide) groups is 1. The molecule has 3 aromatic rings. The number of carbonyl (C=O) groups excluding carboxylic acids is 1. The van der Waals surface area contributed by atoms with Crippen LogP contribution in [0.5, 0.6) is 0 Å². The van der Waals surface area contributed by atoms with Crippen molar-refractivity contribution in [2.45, 2.75) is 23.5 Å². The first-order chi connectivity index (χ1) is 13.1. The molecular formula is C17H13ClF3N3O2S2. The molecule has 0 spiro atoms. The van der Waals surface area contributed by atoms with E-state index < -0.39 is 27.9 Å². The van der Waals surface area contributed by atoms with Crippen LogP contribution in [-0.4, -0.2) is 20.7 Å². The molecule has 11 heteroatoms. The molecule has 1 atom stereocenters. The molecule has 0 saturated carbocycles. The average Bonchev–Trinajstić information content (AvgIpc) is 3.08. The Balaban J connectivity index is 1.79. The monoisotopic (exact) mass is 447 g/mol. The van der Waals surface area contributed by atoms with Gasteiger partial charge in [-0.2, -0.15) is 13.2 Å². The van der Waals surface area contributed by atoms with Crippen LogP contribution in [0.4, 0.5) is 18.9 Å². The molecule has 0 aliphatic heterocycles. The molecule has 1 N–H and O–H groups in total. The lowest BCUT2D eigenvalue weighted by Gasteiger charge is -2.15. The fraction of sp³-hybridized carbons (Fsp3) is 0.235. The zero-order valence-electron chi connectivity index (χ0n) is 14.5. The summed E-state index contributed by atoms with van der Waals surface area (Å²) in [5.41, 5.74) is -0.734. The van der Waals surface area contributed by atoms with Gasteiger partial charge >= 0.3 is 6.18 Å². The van der Waals surface area contributed by atoms with Gasteiger partial charge in [0.2, 0.25) is 5.91 Å². The molecule has 5 nitrogen and oxygen atoms in total. The fourth-order valence-electron chi connectivity index (χ4n) is 2.35. The highest BCUT2D eigenvalue weighted by atomic mass is 35.5. The van der Waals surface area contributed by atoms with Crippen molar-refractivity contribution in [3.05, 3.63) is 50.6 Å². The van der Waals surface area contributed by atoms with Crippen LogP contribution in [0.25, 0.3) is 10.2 Å². The maximum Gasteiger partial charge on any atom is 0.417 e. The first kappa shape index (κ1) is 20.7. The Morgan fingerprint density at radius 3 is 2.75 bits per heavy atom. The van der Waals surface area contributed by atoms with Crippen molar-refractivity contribution in [3.8, 4) is 0 Å². The predicted octanol–water partition coefficient (Wildman–Crippen LogP) is 4.79. The zero-order chi connectivity index (χ0) is 20.6. The summed E-state index contributed by atoms with van der Waals surface area (Å²) in [5.74, 6) is -0.528. The standard InChI is InChI=1S/C17H13ClF3N3O2S2/c1-8(28-16-23-12-5-6-27-13(12)15(26)24(16)2)14(25)22-9-3-4-11(18)10(7-9)17(19,20)21/h3-8H,1-2H3,(H,22,25). The molecule has 0 aliphatic rings. The van der Waals surface area contributed by atoms with Gasteiger partial charge in [-0.15, -0.1) is 11.3 Å². The third kappa shape index (κ3) is 4.18. The van der Waals surface area contributed by atoms with Crippen molar-refractivity contribution in [2.24, 2.45) is 7.05 Å². The average molecular weight is 448 g/mol. The summed E-state index contributed by atoms with van der Waals surface area (Å²) in [5, 5.41) is 3.37. The lowest BCUT2D eigenvalue weighted by atomic mass is 10.2. The number of fused-ring (bicyclic) bond motifs is 1. The van der Waals surface area contributed by atoms with Gasteiger partial charge in [0.15, 0.2) is 5.16 Å². The van der Waals surface area contributed by atoms with E-state index in [-0.39, 0.29) is 11.2 Å². The molecule has 1 aromatic carbocycles. The van der Waals surface area contributed by atoms with Crippen molar-refractivity contribution in [1.29, 1.82) is 0 Å². The smallest absolute Gasteiger partial charge is 0.325 e. The normalized spacial score (nSPS) is 12.9. The van der Waals surface area contributed by atoms with E-state index in [1.165, 1.54) is 22.0 Å². The molecule has 0 aliphatic carbocycles. The predicted molar refractivity (Wildman–Crippen MR) is 105 cm³/mol. The molecule has 2 aromatic heterocycles. The summed E-state index contributed by atoms with van der Waals surface area (Å²) < 4.78 is 40.7. The first-order valence-corrected chi connectivity index (χ1v) is 10.00. The van der Waals surface area contributed by atoms with Crippen molar-refractivity contribution in [2.75, 3.05) is 5.32 Å². The molecule has 0 bridgehead atoms. The van der Waals surface area contributed by atoms with Crippen LogP contribution in [-0.2, 0) is 18.0 Å². The minimum Gasteiger partial charge on any atom is -0.325 e. The van der Waals surface area contributed by atoms with Crippen molar-refractivity contribution >= 4 is 56.5 Å². The van der Waals surface area contributed by atoms with Gasteiger partial charge < -0.3 is 5.32 Å². The van der Waals surface area contributed by atoms with Gasteiger partial charge in [0.25, 0.3) is 5.56 Å². The third-order valence-electron chi connectivity index (χ3n) is 3.84. The van der Waals surface area contributed by atoms with Crippen LogP contribution in [0.3, 0.4) is 0 Å². The lowest BCUT2D eigenvalue weighted by Crippen LogP contribution is -2.25. The summed E-state index contributed by atoms with van der Waals surface area (Å²) in [6, 6.07) is 4.86. The minimum absolute atomic E-state index is 0.0238. The van der Waals surface area contributed by atoms with E-state index in [2.05, 4.69) is 10.3 Å². The molecule has 2 heterocycles. The highest BCUT2D eigenvalue weighted by Gasteiger charge is 2.33. The van der Waals surface area contributed by atoms with Gasteiger partial charge in [-0.25, -0.2) is 4.98 Å². The number of nitrogens with one attached hydrogen (secondary N) is 1. The Morgan fingerprint density at radius 1 is 1.36 bits per heavy atom. The fourth-order valence-corrected chi connectivity index (χ4v) is 4.25. The van der Waals surface area contributed by atoms with Crippen LogP contribution >= 0.6 is 34.7 Å². The number of anilines is 1. The highest BCUT2D eigenvalue weighted by molar-refractivity contribution is 8.00. The number of rotatable bonds is 4. The number of carbonyl (C=O) groups is 1. The Kier molecular flexibility index (Phi) is 5.74. The summed E-state index contributed by atoms with van der Waals surface area (Å²) >= 11 is 7.90. The second kappa shape index (κ2) is 7.76. The molecule has 0 saturated heterocycles. The highest BCUT2D eigenvalue weighted by Crippen LogP contribution is 2.36. The summed E-state index contributed by atoms with van der Waals surface area (Å²) in [6.07, 6.45) is -4.63. The van der Waals surface area contributed by atoms with Crippen LogP contribution in [0.1, 0.15) is 12.5 Å². The van der Waals surface area contributed by atoms with Crippen LogP contribution in [0.15, 0.2) is 39.6 Å². The molecule has 148 valence electrons. The van der Waals surface area contributed by atoms with Crippen LogP contribution in [0.2, 0.25) is 5.02 Å². The Labute approximate surface area is 170 Å². The number of halogens is 4. The Hall–Kier alpha value is -2.04. The van der Waals surface area contributed by atoms with Gasteiger partial charge in [0.05, 0.1) is 21.4 Å². The summed E-state index contributed by atoms with van der Waals surface area (Å²) in [7, 11) is 1.55. The number of amides is 1. The molecule has 28 heavy (non-hydrogen) atoms. The van der Waals surface area contributed by atoms with Crippen LogP contribution in [0, 0.1) is 0 Å². The van der Waals surface area contributed by atoms with E-state index in [4.69, 9.17) is 11.6 Å². The molecule has 1 amide bonds. The van der Waals surface area contributed by atoms with Gasteiger partial charge in [0, 0.05) is 12.7 Å². The van der Waals surface area contributed by atoms with E-state index in [1.54, 1.807) is 25.4 Å². The van der Waals surface area contributed by atoms with E-state index in [9.17, 15) is 22.8 Å². The number of benzene rings is 1. The SMILES string of the molecule is CC(Sc1nc2ccsc2c(=O)n1C)C(=O)Nc1ccc(Cl)c(C(F)(F)F)c1. The largest absolute Gasteiger partial charge is 0.417 e. The number of nitrogens with zero attached hydrogens (tertiary/aromatic N) is 2. The number of hydrogen-bond donors (Lipinski definition) is 1. The summed E-state index contributed by atoms with van der Waals surface area (Å²) in [4.78, 5) is 29.1. The van der Waals surface area contributed by atoms with Crippen molar-refractivity contribution in [1.82, 2.24) is 9.55 Å². The Bertz CT molecular complexity index is 1110. The molecule has 3 rings (SSSR count). The Morgan fingerprint density at radius 2 is 2.07 bits per heavy atom. The number of hydrogen-bond acceptors (Lipinski definition) is 5. The lowest BCUT2D eigenvalue weighted by molar-refractivity contribution is -0.137. The van der Waals surface area contributed by atoms with Crippen LogP contribution < -0.4 is 10.9 Å². The van der Waals surface area contributed by atoms with Gasteiger partial charge in [-0.3, -0.25) is 14.2 Å². The first-order valence-electron chi connectivity index (χ1n) is 7.86. The van der Waals surface area contributed by atoms with Gasteiger partial charge in [-0.1, -0.05) is 23.4 Å². The molecule has 0 fully saturated rings. The second-order valence-electron chi connectivity index (χ2n) is 5.84. The number of thiophene rings is 1. The van der Waals surface area contributed by atoms with E-state index in [0.29, 0.717) is 15.4 Å². The maximum atomic E-state index is 13.0. The second-order valence-corrected chi connectivity index (χ2v) is 8.47. The number of aromatic nitrogens is 2. The van der Waals surface area contributed by atoms with Crippen molar-refractivity contribution < 1.29 is 18.0 Å². The minimum atomic E-state index is -4.63.